The van der Waals surface area contributed by atoms with Crippen LogP contribution in [0.25, 0.3) is 0 Å². The lowest BCUT2D eigenvalue weighted by atomic mass is 10.1. The Labute approximate surface area is 173 Å². The molecular weight excluding hydrogens is 392 g/mol. The van der Waals surface area contributed by atoms with Crippen LogP contribution in [-0.2, 0) is 14.3 Å². The van der Waals surface area contributed by atoms with Crippen LogP contribution in [0.1, 0.15) is 40.5 Å². The molecule has 29 heavy (non-hydrogen) atoms. The minimum absolute atomic E-state index is 0.0321. The quantitative estimate of drug-likeness (QED) is 0.351. The summed E-state index contributed by atoms with van der Waals surface area (Å²) in [6, 6.07) is 13.0. The number of benzene rings is 2. The maximum absolute atomic E-state index is 12.3. The molecule has 0 aliphatic rings. The molecule has 0 aromatic heterocycles. The molecule has 2 amide bonds. The van der Waals surface area contributed by atoms with Crippen molar-refractivity contribution in [3.63, 3.8) is 0 Å². The number of nitrogens with one attached hydrogen (secondary N) is 1. The first-order valence-corrected chi connectivity index (χ1v) is 9.99. The first kappa shape index (κ1) is 22.2. The van der Waals surface area contributed by atoms with Crippen LogP contribution in [0, 0.1) is 0 Å². The maximum Gasteiger partial charge on any atom is 0.339 e. The second-order valence-electron chi connectivity index (χ2n) is 6.13. The van der Waals surface area contributed by atoms with Crippen molar-refractivity contribution in [2.75, 3.05) is 17.7 Å². The molecule has 0 fully saturated rings. The third-order valence-corrected chi connectivity index (χ3v) is 4.87. The van der Waals surface area contributed by atoms with E-state index in [1.807, 2.05) is 6.92 Å². The molecule has 152 valence electrons. The van der Waals surface area contributed by atoms with Crippen molar-refractivity contribution in [3.8, 4) is 0 Å². The Morgan fingerprint density at radius 1 is 1.03 bits per heavy atom. The van der Waals surface area contributed by atoms with Crippen LogP contribution in [0.2, 0.25) is 0 Å². The second-order valence-corrected chi connectivity index (χ2v) is 7.14. The Balaban J connectivity index is 1.94. The molecule has 2 aromatic rings. The average Bonchev–Trinajstić information content (AvgIpc) is 2.71. The van der Waals surface area contributed by atoms with Crippen molar-refractivity contribution in [1.82, 2.24) is 0 Å². The molecule has 7 nitrogen and oxygen atoms in total. The summed E-state index contributed by atoms with van der Waals surface area (Å²) in [4.78, 5) is 47.7. The summed E-state index contributed by atoms with van der Waals surface area (Å²) >= 11 is 1.13. The third-order valence-electron chi connectivity index (χ3n) is 3.78. The van der Waals surface area contributed by atoms with Gasteiger partial charge in [0.1, 0.15) is 0 Å². The number of thioether (sulfide) groups is 1. The maximum atomic E-state index is 12.3. The fraction of sp³-hybridized carbons (Fsp3) is 0.238. The highest BCUT2D eigenvalue weighted by Gasteiger charge is 2.16. The van der Waals surface area contributed by atoms with E-state index in [-0.39, 0.29) is 23.0 Å². The number of primary amides is 1. The van der Waals surface area contributed by atoms with Crippen molar-refractivity contribution in [1.29, 1.82) is 0 Å². The van der Waals surface area contributed by atoms with Gasteiger partial charge in [0.2, 0.25) is 11.8 Å². The fourth-order valence-electron chi connectivity index (χ4n) is 2.39. The van der Waals surface area contributed by atoms with E-state index in [2.05, 4.69) is 5.32 Å². The van der Waals surface area contributed by atoms with Gasteiger partial charge < -0.3 is 15.8 Å². The van der Waals surface area contributed by atoms with E-state index in [1.54, 1.807) is 48.5 Å². The zero-order valence-corrected chi connectivity index (χ0v) is 16.8. The molecule has 2 rings (SSSR count). The molecule has 8 heteroatoms. The van der Waals surface area contributed by atoms with Gasteiger partial charge in [-0.15, -0.1) is 11.8 Å². The van der Waals surface area contributed by atoms with Gasteiger partial charge in [-0.3, -0.25) is 14.4 Å². The predicted octanol–water partition coefficient (Wildman–Crippen LogP) is 3.04. The number of hydrogen-bond donors (Lipinski definition) is 2. The van der Waals surface area contributed by atoms with Gasteiger partial charge in [-0.1, -0.05) is 19.1 Å². The van der Waals surface area contributed by atoms with Gasteiger partial charge in [0.15, 0.2) is 12.4 Å². The van der Waals surface area contributed by atoms with Crippen LogP contribution in [-0.4, -0.2) is 35.9 Å². The summed E-state index contributed by atoms with van der Waals surface area (Å²) in [6.07, 6.45) is 1.17. The highest BCUT2D eigenvalue weighted by Crippen LogP contribution is 2.23. The van der Waals surface area contributed by atoms with Gasteiger partial charge in [-0.25, -0.2) is 4.79 Å². The van der Waals surface area contributed by atoms with E-state index in [1.165, 1.54) is 0 Å². The minimum atomic E-state index is -0.658. The third kappa shape index (κ3) is 7.08. The Hall–Kier alpha value is -3.13. The highest BCUT2D eigenvalue weighted by molar-refractivity contribution is 8.00. The summed E-state index contributed by atoms with van der Waals surface area (Å²) in [6.45, 7) is 1.49. The number of amides is 2. The number of ether oxygens (including phenoxy) is 1. The number of Topliss-reactive ketones (excluding diaryl/α,β-unsaturated/α-hetero) is 1. The number of carbonyl (C=O) groups excluding carboxylic acids is 4. The Kier molecular flexibility index (Phi) is 8.42. The average molecular weight is 414 g/mol. The van der Waals surface area contributed by atoms with Crippen molar-refractivity contribution in [3.05, 3.63) is 59.7 Å². The highest BCUT2D eigenvalue weighted by atomic mass is 32.2. The smallest absolute Gasteiger partial charge is 0.339 e. The number of ketones is 1. The molecule has 3 N–H and O–H groups in total. The Morgan fingerprint density at radius 3 is 2.38 bits per heavy atom. The lowest BCUT2D eigenvalue weighted by Crippen LogP contribution is -2.16. The molecule has 0 saturated heterocycles. The molecule has 0 heterocycles. The molecule has 0 saturated carbocycles. The van der Waals surface area contributed by atoms with Gasteiger partial charge in [-0.05, 0) is 42.8 Å². The zero-order valence-electron chi connectivity index (χ0n) is 16.0. The Morgan fingerprint density at radius 2 is 1.72 bits per heavy atom. The van der Waals surface area contributed by atoms with Crippen LogP contribution in [0.4, 0.5) is 5.69 Å². The standard InChI is InChI=1S/C21H22N2O5S/c1-2-5-20(26)23-15-10-8-14(9-11-15)17(24)12-28-21(27)16-6-3-4-7-18(16)29-13-19(22)25/h3-4,6-11H,2,5,12-13H2,1H3,(H2,22,25)(H,23,26). The van der Waals surface area contributed by atoms with Gasteiger partial charge >= 0.3 is 5.97 Å². The number of carbonyl (C=O) groups is 4. The summed E-state index contributed by atoms with van der Waals surface area (Å²) < 4.78 is 5.13. The molecule has 2 aromatic carbocycles. The number of esters is 1. The van der Waals surface area contributed by atoms with Crippen molar-refractivity contribution < 1.29 is 23.9 Å². The van der Waals surface area contributed by atoms with Crippen molar-refractivity contribution >= 4 is 41.0 Å². The SMILES string of the molecule is CCCC(=O)Nc1ccc(C(=O)COC(=O)c2ccccc2SCC(N)=O)cc1. The normalized spacial score (nSPS) is 10.2. The van der Waals surface area contributed by atoms with Crippen LogP contribution >= 0.6 is 11.8 Å². The largest absolute Gasteiger partial charge is 0.454 e. The molecule has 0 aliphatic heterocycles. The molecule has 0 bridgehead atoms. The molecular formula is C21H22N2O5S. The van der Waals surface area contributed by atoms with Crippen LogP contribution in [0.5, 0.6) is 0 Å². The van der Waals surface area contributed by atoms with Crippen molar-refractivity contribution in [2.45, 2.75) is 24.7 Å². The van der Waals surface area contributed by atoms with E-state index in [9.17, 15) is 19.2 Å². The van der Waals surface area contributed by atoms with Gasteiger partial charge in [0, 0.05) is 22.6 Å². The van der Waals surface area contributed by atoms with Gasteiger partial charge in [0.05, 0.1) is 11.3 Å². The molecule has 0 unspecified atom stereocenters. The summed E-state index contributed by atoms with van der Waals surface area (Å²) in [5.41, 5.74) is 6.36. The van der Waals surface area contributed by atoms with E-state index >= 15 is 0 Å². The zero-order chi connectivity index (χ0) is 21.2. The van der Waals surface area contributed by atoms with Crippen LogP contribution in [0.15, 0.2) is 53.4 Å². The van der Waals surface area contributed by atoms with Crippen LogP contribution < -0.4 is 11.1 Å². The predicted molar refractivity (Wildman–Crippen MR) is 111 cm³/mol. The van der Waals surface area contributed by atoms with Gasteiger partial charge in [0.25, 0.3) is 0 Å². The van der Waals surface area contributed by atoms with Crippen LogP contribution in [0.3, 0.4) is 0 Å². The number of hydrogen-bond acceptors (Lipinski definition) is 6. The van der Waals surface area contributed by atoms with E-state index in [0.29, 0.717) is 22.6 Å². The van der Waals surface area contributed by atoms with E-state index < -0.39 is 18.5 Å². The molecule has 0 radical (unpaired) electrons. The number of nitrogens with two attached hydrogens (primary N) is 1. The van der Waals surface area contributed by atoms with Gasteiger partial charge in [-0.2, -0.15) is 0 Å². The fourth-order valence-corrected chi connectivity index (χ4v) is 3.17. The van der Waals surface area contributed by atoms with E-state index in [0.717, 1.165) is 18.2 Å². The Bertz CT molecular complexity index is 896. The first-order valence-electron chi connectivity index (χ1n) is 9.01. The number of rotatable bonds is 10. The summed E-state index contributed by atoms with van der Waals surface area (Å²) in [5.74, 6) is -1.58. The van der Waals surface area contributed by atoms with E-state index in [4.69, 9.17) is 10.5 Å². The summed E-state index contributed by atoms with van der Waals surface area (Å²) in [7, 11) is 0. The lowest BCUT2D eigenvalue weighted by Gasteiger charge is -2.09. The lowest BCUT2D eigenvalue weighted by molar-refractivity contribution is -0.116. The monoisotopic (exact) mass is 414 g/mol. The minimum Gasteiger partial charge on any atom is -0.454 e. The topological polar surface area (TPSA) is 116 Å². The second kappa shape index (κ2) is 11.0. The number of anilines is 1. The summed E-state index contributed by atoms with van der Waals surface area (Å²) in [5, 5.41) is 2.74. The molecule has 0 aliphatic carbocycles. The molecule has 0 spiro atoms. The first-order chi connectivity index (χ1) is 13.9. The molecule has 0 atom stereocenters. The van der Waals surface area contributed by atoms with Crippen molar-refractivity contribution in [2.24, 2.45) is 5.73 Å².